The van der Waals surface area contributed by atoms with Gasteiger partial charge in [0.15, 0.2) is 0 Å². The highest BCUT2D eigenvalue weighted by molar-refractivity contribution is 5.79. The number of primary amides is 1. The van der Waals surface area contributed by atoms with Crippen molar-refractivity contribution < 1.29 is 26.9 Å². The molecule has 24 heavy (non-hydrogen) atoms. The lowest BCUT2D eigenvalue weighted by atomic mass is 10.1. The van der Waals surface area contributed by atoms with Gasteiger partial charge in [0.05, 0.1) is 6.04 Å². The Kier molecular flexibility index (Phi) is 5.50. The van der Waals surface area contributed by atoms with Crippen molar-refractivity contribution in [2.75, 3.05) is 0 Å². The Morgan fingerprint density at radius 3 is 2.67 bits per heavy atom. The smallest absolute Gasteiger partial charge is 0.368 e. The van der Waals surface area contributed by atoms with Gasteiger partial charge in [-0.05, 0) is 12.5 Å². The molecule has 2 aromatic rings. The molecule has 0 bridgehead atoms. The van der Waals surface area contributed by atoms with E-state index in [0.29, 0.717) is 5.56 Å². The Labute approximate surface area is 134 Å². The second-order valence-corrected chi connectivity index (χ2v) is 5.05. The lowest BCUT2D eigenvalue weighted by Gasteiger charge is -2.16. The number of aromatic nitrogens is 2. The van der Waals surface area contributed by atoms with Gasteiger partial charge in [-0.1, -0.05) is 17.3 Å². The van der Waals surface area contributed by atoms with Crippen LogP contribution in [-0.4, -0.2) is 28.3 Å². The lowest BCUT2D eigenvalue weighted by Crippen LogP contribution is -2.41. The van der Waals surface area contributed by atoms with E-state index in [1.54, 1.807) is 0 Å². The van der Waals surface area contributed by atoms with Gasteiger partial charge in [-0.15, -0.1) is 0 Å². The molecule has 0 saturated heterocycles. The van der Waals surface area contributed by atoms with E-state index in [4.69, 9.17) is 5.73 Å². The van der Waals surface area contributed by atoms with Crippen LogP contribution in [0.15, 0.2) is 29.1 Å². The molecule has 3 N–H and O–H groups in total. The predicted octanol–water partition coefficient (Wildman–Crippen LogP) is 2.16. The molecule has 1 aromatic carbocycles. The largest absolute Gasteiger partial charge is 0.389 e. The molecule has 0 spiro atoms. The standard InChI is InChI=1S/C14H14F4N4O2/c15-10-5-8(13-21-7-24-22-13)1-2-9(10)6-20-11(12(19)23)3-4-14(16,17)18/h1-2,5,7,11,20H,3-4,6H2,(H2,19,23)/t11-/m1/s1. The first-order valence-corrected chi connectivity index (χ1v) is 6.91. The third-order valence-electron chi connectivity index (χ3n) is 3.27. The van der Waals surface area contributed by atoms with Gasteiger partial charge < -0.3 is 15.6 Å². The van der Waals surface area contributed by atoms with Crippen LogP contribution in [0.1, 0.15) is 18.4 Å². The van der Waals surface area contributed by atoms with Crippen LogP contribution < -0.4 is 11.1 Å². The predicted molar refractivity (Wildman–Crippen MR) is 74.8 cm³/mol. The van der Waals surface area contributed by atoms with Crippen LogP contribution in [0.3, 0.4) is 0 Å². The van der Waals surface area contributed by atoms with Crippen molar-refractivity contribution in [1.29, 1.82) is 0 Å². The van der Waals surface area contributed by atoms with Crippen molar-refractivity contribution >= 4 is 5.91 Å². The molecule has 1 amide bonds. The highest BCUT2D eigenvalue weighted by atomic mass is 19.4. The van der Waals surface area contributed by atoms with E-state index in [9.17, 15) is 22.4 Å². The maximum atomic E-state index is 14.0. The summed E-state index contributed by atoms with van der Waals surface area (Å²) in [5.41, 5.74) is 5.62. The van der Waals surface area contributed by atoms with Gasteiger partial charge in [0, 0.05) is 24.1 Å². The average molecular weight is 346 g/mol. The zero-order chi connectivity index (χ0) is 17.7. The molecule has 0 fully saturated rings. The normalized spacial score (nSPS) is 13.0. The summed E-state index contributed by atoms with van der Waals surface area (Å²) in [5, 5.41) is 6.10. The Bertz CT molecular complexity index is 689. The summed E-state index contributed by atoms with van der Waals surface area (Å²) < 4.78 is 55.3. The first-order valence-electron chi connectivity index (χ1n) is 6.91. The van der Waals surface area contributed by atoms with Gasteiger partial charge in [-0.2, -0.15) is 18.2 Å². The summed E-state index contributed by atoms with van der Waals surface area (Å²) in [6, 6.07) is 2.90. The molecule has 1 atom stereocenters. The monoisotopic (exact) mass is 346 g/mol. The summed E-state index contributed by atoms with van der Waals surface area (Å²) in [4.78, 5) is 15.0. The third-order valence-corrected chi connectivity index (χ3v) is 3.27. The molecular weight excluding hydrogens is 332 g/mol. The van der Waals surface area contributed by atoms with E-state index in [2.05, 4.69) is 20.0 Å². The fourth-order valence-electron chi connectivity index (χ4n) is 2.01. The van der Waals surface area contributed by atoms with Gasteiger partial charge in [-0.3, -0.25) is 4.79 Å². The number of hydrogen-bond donors (Lipinski definition) is 2. The SMILES string of the molecule is NC(=O)[C@@H](CCC(F)(F)F)NCc1ccc(-c2ncon2)cc1F. The first kappa shape index (κ1) is 17.9. The van der Waals surface area contributed by atoms with Crippen LogP contribution in [0.2, 0.25) is 0 Å². The van der Waals surface area contributed by atoms with Crippen molar-refractivity contribution in [2.45, 2.75) is 31.6 Å². The maximum Gasteiger partial charge on any atom is 0.389 e. The minimum atomic E-state index is -4.40. The summed E-state index contributed by atoms with van der Waals surface area (Å²) in [7, 11) is 0. The molecule has 10 heteroatoms. The van der Waals surface area contributed by atoms with Gasteiger partial charge in [0.1, 0.15) is 5.82 Å². The Balaban J connectivity index is 2.00. The van der Waals surface area contributed by atoms with Gasteiger partial charge in [0.2, 0.25) is 18.1 Å². The average Bonchev–Trinajstić information content (AvgIpc) is 3.01. The summed E-state index contributed by atoms with van der Waals surface area (Å²) in [6.07, 6.45) is -4.97. The molecule has 1 heterocycles. The number of alkyl halides is 3. The number of carbonyl (C=O) groups is 1. The van der Waals surface area contributed by atoms with E-state index in [-0.39, 0.29) is 17.9 Å². The molecule has 0 aliphatic heterocycles. The molecular formula is C14H14F4N4O2. The second-order valence-electron chi connectivity index (χ2n) is 5.05. The molecule has 0 radical (unpaired) electrons. The number of benzene rings is 1. The molecule has 0 aliphatic rings. The number of rotatable bonds is 7. The van der Waals surface area contributed by atoms with Crippen molar-refractivity contribution in [3.63, 3.8) is 0 Å². The molecule has 1 aromatic heterocycles. The van der Waals surface area contributed by atoms with Crippen LogP contribution >= 0.6 is 0 Å². The molecule has 0 aliphatic carbocycles. The molecule has 2 rings (SSSR count). The highest BCUT2D eigenvalue weighted by Gasteiger charge is 2.29. The Morgan fingerprint density at radius 2 is 2.12 bits per heavy atom. The zero-order valence-corrected chi connectivity index (χ0v) is 12.3. The van der Waals surface area contributed by atoms with Crippen LogP contribution in [0.5, 0.6) is 0 Å². The topological polar surface area (TPSA) is 94.0 Å². The molecule has 6 nitrogen and oxygen atoms in total. The van der Waals surface area contributed by atoms with Crippen LogP contribution in [-0.2, 0) is 11.3 Å². The Morgan fingerprint density at radius 1 is 1.38 bits per heavy atom. The van der Waals surface area contributed by atoms with Crippen molar-refractivity contribution in [1.82, 2.24) is 15.5 Å². The van der Waals surface area contributed by atoms with E-state index in [0.717, 1.165) is 12.5 Å². The highest BCUT2D eigenvalue weighted by Crippen LogP contribution is 2.23. The van der Waals surface area contributed by atoms with Gasteiger partial charge >= 0.3 is 6.18 Å². The summed E-state index contributed by atoms with van der Waals surface area (Å²) in [5.74, 6) is -1.35. The number of halogens is 4. The number of nitrogens with zero attached hydrogens (tertiary/aromatic N) is 2. The van der Waals surface area contributed by atoms with E-state index < -0.39 is 36.8 Å². The van der Waals surface area contributed by atoms with E-state index in [1.165, 1.54) is 12.1 Å². The van der Waals surface area contributed by atoms with Crippen molar-refractivity contribution in [3.05, 3.63) is 36.0 Å². The number of nitrogens with one attached hydrogen (secondary N) is 1. The number of nitrogens with two attached hydrogens (primary N) is 1. The van der Waals surface area contributed by atoms with E-state index in [1.807, 2.05) is 0 Å². The summed E-state index contributed by atoms with van der Waals surface area (Å²) >= 11 is 0. The maximum absolute atomic E-state index is 14.0. The minimum absolute atomic E-state index is 0.149. The number of amides is 1. The van der Waals surface area contributed by atoms with Crippen LogP contribution in [0.4, 0.5) is 17.6 Å². The number of carbonyl (C=O) groups excluding carboxylic acids is 1. The quantitative estimate of drug-likeness (QED) is 0.750. The van der Waals surface area contributed by atoms with Crippen LogP contribution in [0.25, 0.3) is 11.4 Å². The summed E-state index contributed by atoms with van der Waals surface area (Å²) in [6.45, 7) is -0.149. The molecule has 130 valence electrons. The molecule has 0 saturated carbocycles. The molecule has 0 unspecified atom stereocenters. The van der Waals surface area contributed by atoms with Gasteiger partial charge in [-0.25, -0.2) is 4.39 Å². The third kappa shape index (κ3) is 5.01. The Hall–Kier alpha value is -2.49. The van der Waals surface area contributed by atoms with Crippen molar-refractivity contribution in [3.8, 4) is 11.4 Å². The first-order chi connectivity index (χ1) is 11.3. The van der Waals surface area contributed by atoms with Crippen molar-refractivity contribution in [2.24, 2.45) is 5.73 Å². The van der Waals surface area contributed by atoms with E-state index >= 15 is 0 Å². The second kappa shape index (κ2) is 7.39. The zero-order valence-electron chi connectivity index (χ0n) is 12.3. The minimum Gasteiger partial charge on any atom is -0.368 e. The number of hydrogen-bond acceptors (Lipinski definition) is 5. The van der Waals surface area contributed by atoms with Crippen LogP contribution in [0, 0.1) is 5.82 Å². The lowest BCUT2D eigenvalue weighted by molar-refractivity contribution is -0.138. The van der Waals surface area contributed by atoms with Gasteiger partial charge in [0.25, 0.3) is 0 Å². The fourth-order valence-corrected chi connectivity index (χ4v) is 2.01. The fraction of sp³-hybridized carbons (Fsp3) is 0.357.